The van der Waals surface area contributed by atoms with Crippen LogP contribution in [0.5, 0.6) is 0 Å². The first-order valence-electron chi connectivity index (χ1n) is 9.03. The molecule has 0 bridgehead atoms. The van der Waals surface area contributed by atoms with Gasteiger partial charge in [0.2, 0.25) is 5.91 Å². The monoisotopic (exact) mass is 388 g/mol. The molecule has 3 heterocycles. The molecule has 1 saturated heterocycles. The number of ether oxygens (including phenoxy) is 1. The van der Waals surface area contributed by atoms with E-state index in [1.54, 1.807) is 32.7 Å². The van der Waals surface area contributed by atoms with E-state index in [0.717, 1.165) is 11.3 Å². The van der Waals surface area contributed by atoms with Crippen molar-refractivity contribution in [1.82, 2.24) is 19.6 Å². The summed E-state index contributed by atoms with van der Waals surface area (Å²) >= 11 is 5.95. The van der Waals surface area contributed by atoms with Crippen LogP contribution in [0.1, 0.15) is 23.5 Å². The predicted molar refractivity (Wildman–Crippen MR) is 101 cm³/mol. The Morgan fingerprint density at radius 3 is 2.67 bits per heavy atom. The summed E-state index contributed by atoms with van der Waals surface area (Å²) in [6.07, 6.45) is 0. The van der Waals surface area contributed by atoms with Crippen molar-refractivity contribution in [2.75, 3.05) is 39.4 Å². The van der Waals surface area contributed by atoms with Gasteiger partial charge in [0.05, 0.1) is 24.9 Å². The second kappa shape index (κ2) is 7.32. The van der Waals surface area contributed by atoms with E-state index >= 15 is 0 Å². The lowest BCUT2D eigenvalue weighted by Crippen LogP contribution is -2.50. The van der Waals surface area contributed by atoms with E-state index in [-0.39, 0.29) is 24.4 Å². The Morgan fingerprint density at radius 1 is 1.26 bits per heavy atom. The number of fused-ring (bicyclic) bond motifs is 1. The number of hydrogen-bond donors (Lipinski definition) is 0. The highest BCUT2D eigenvalue weighted by Crippen LogP contribution is 2.27. The lowest BCUT2D eigenvalue weighted by atomic mass is 10.1. The van der Waals surface area contributed by atoms with Crippen molar-refractivity contribution >= 4 is 23.4 Å². The van der Waals surface area contributed by atoms with Crippen LogP contribution in [-0.2, 0) is 9.53 Å². The molecule has 0 spiro atoms. The van der Waals surface area contributed by atoms with Crippen LogP contribution in [0.3, 0.4) is 0 Å². The standard InChI is InChI=1S/C19H21ClN4O3/c1-13-11-23(12-18(25)22-6-8-27-9-7-22)19(26)17-10-16(21-24(13)17)14-2-4-15(20)5-3-14/h2-5,10,13H,6-9,11-12H2,1H3/t13-/m0/s1. The lowest BCUT2D eigenvalue weighted by molar-refractivity contribution is -0.136. The van der Waals surface area contributed by atoms with Gasteiger partial charge in [0.15, 0.2) is 0 Å². The Morgan fingerprint density at radius 2 is 1.96 bits per heavy atom. The fourth-order valence-electron chi connectivity index (χ4n) is 3.51. The van der Waals surface area contributed by atoms with E-state index in [1.165, 1.54) is 0 Å². The van der Waals surface area contributed by atoms with Crippen LogP contribution in [0.25, 0.3) is 11.3 Å². The molecule has 2 aromatic rings. The minimum atomic E-state index is -0.164. The second-order valence-electron chi connectivity index (χ2n) is 6.89. The van der Waals surface area contributed by atoms with Crippen molar-refractivity contribution in [2.24, 2.45) is 0 Å². The Balaban J connectivity index is 1.54. The molecule has 8 heteroatoms. The van der Waals surface area contributed by atoms with Crippen molar-refractivity contribution < 1.29 is 14.3 Å². The highest BCUT2D eigenvalue weighted by molar-refractivity contribution is 6.30. The number of carbonyl (C=O) groups is 2. The van der Waals surface area contributed by atoms with E-state index in [4.69, 9.17) is 16.3 Å². The normalized spacial score (nSPS) is 19.9. The number of amides is 2. The molecular formula is C19H21ClN4O3. The summed E-state index contributed by atoms with van der Waals surface area (Å²) in [5, 5.41) is 5.25. The molecule has 142 valence electrons. The van der Waals surface area contributed by atoms with Crippen molar-refractivity contribution in [1.29, 1.82) is 0 Å². The Bertz CT molecular complexity index is 858. The second-order valence-corrected chi connectivity index (χ2v) is 7.33. The van der Waals surface area contributed by atoms with Gasteiger partial charge in [0.25, 0.3) is 5.91 Å². The number of hydrogen-bond acceptors (Lipinski definition) is 4. The average Bonchev–Trinajstić information content (AvgIpc) is 3.13. The molecule has 1 aromatic carbocycles. The molecule has 1 fully saturated rings. The molecule has 0 saturated carbocycles. The molecule has 0 N–H and O–H groups in total. The molecule has 0 radical (unpaired) electrons. The maximum atomic E-state index is 12.9. The number of benzene rings is 1. The Labute approximate surface area is 162 Å². The number of nitrogens with zero attached hydrogens (tertiary/aromatic N) is 4. The highest BCUT2D eigenvalue weighted by Gasteiger charge is 2.33. The van der Waals surface area contributed by atoms with Gasteiger partial charge in [-0.3, -0.25) is 14.3 Å². The molecule has 4 rings (SSSR count). The largest absolute Gasteiger partial charge is 0.378 e. The Hall–Kier alpha value is -2.38. The number of halogens is 1. The van der Waals surface area contributed by atoms with Crippen LogP contribution < -0.4 is 0 Å². The first-order chi connectivity index (χ1) is 13.0. The zero-order valence-corrected chi connectivity index (χ0v) is 15.9. The molecule has 1 atom stereocenters. The van der Waals surface area contributed by atoms with Crippen LogP contribution in [0.4, 0.5) is 0 Å². The molecule has 0 aliphatic carbocycles. The lowest BCUT2D eigenvalue weighted by Gasteiger charge is -2.34. The number of morpholine rings is 1. The molecule has 7 nitrogen and oxygen atoms in total. The van der Waals surface area contributed by atoms with Crippen molar-refractivity contribution in [2.45, 2.75) is 13.0 Å². The van der Waals surface area contributed by atoms with E-state index < -0.39 is 0 Å². The van der Waals surface area contributed by atoms with Gasteiger partial charge in [-0.2, -0.15) is 5.10 Å². The van der Waals surface area contributed by atoms with Crippen LogP contribution in [-0.4, -0.2) is 70.8 Å². The third-order valence-electron chi connectivity index (χ3n) is 4.97. The topological polar surface area (TPSA) is 67.7 Å². The summed E-state index contributed by atoms with van der Waals surface area (Å²) < 4.78 is 7.03. The molecule has 2 amide bonds. The Kier molecular flexibility index (Phi) is 4.88. The van der Waals surface area contributed by atoms with Crippen molar-refractivity contribution in [3.05, 3.63) is 41.0 Å². The first-order valence-corrected chi connectivity index (χ1v) is 9.41. The van der Waals surface area contributed by atoms with E-state index in [2.05, 4.69) is 5.10 Å². The van der Waals surface area contributed by atoms with Gasteiger partial charge in [-0.1, -0.05) is 23.7 Å². The SMILES string of the molecule is C[C@H]1CN(CC(=O)N2CCOCC2)C(=O)c2cc(-c3ccc(Cl)cc3)nn21. The summed E-state index contributed by atoms with van der Waals surface area (Å²) in [5.74, 6) is -0.202. The zero-order chi connectivity index (χ0) is 19.0. The fraction of sp³-hybridized carbons (Fsp3) is 0.421. The summed E-state index contributed by atoms with van der Waals surface area (Å²) in [7, 11) is 0. The minimum Gasteiger partial charge on any atom is -0.378 e. The number of aromatic nitrogens is 2. The third kappa shape index (κ3) is 3.57. The van der Waals surface area contributed by atoms with E-state index in [0.29, 0.717) is 43.6 Å². The van der Waals surface area contributed by atoms with Gasteiger partial charge in [-0.25, -0.2) is 0 Å². The maximum Gasteiger partial charge on any atom is 0.272 e. The molecule has 1 aromatic heterocycles. The van der Waals surface area contributed by atoms with Gasteiger partial charge in [-0.05, 0) is 25.1 Å². The molecular weight excluding hydrogens is 368 g/mol. The van der Waals surface area contributed by atoms with Gasteiger partial charge in [-0.15, -0.1) is 0 Å². The third-order valence-corrected chi connectivity index (χ3v) is 5.23. The zero-order valence-electron chi connectivity index (χ0n) is 15.1. The van der Waals surface area contributed by atoms with Crippen LogP contribution in [0, 0.1) is 0 Å². The summed E-state index contributed by atoms with van der Waals surface area (Å²) in [6.45, 7) is 4.81. The van der Waals surface area contributed by atoms with Gasteiger partial charge in [0, 0.05) is 30.2 Å². The van der Waals surface area contributed by atoms with E-state index in [1.807, 2.05) is 19.1 Å². The smallest absolute Gasteiger partial charge is 0.272 e. The van der Waals surface area contributed by atoms with Crippen molar-refractivity contribution in [3.8, 4) is 11.3 Å². The number of carbonyl (C=O) groups excluding carboxylic acids is 2. The minimum absolute atomic E-state index is 0.00348. The summed E-state index contributed by atoms with van der Waals surface area (Å²) in [5.41, 5.74) is 2.13. The van der Waals surface area contributed by atoms with Crippen molar-refractivity contribution in [3.63, 3.8) is 0 Å². The van der Waals surface area contributed by atoms with Gasteiger partial charge >= 0.3 is 0 Å². The van der Waals surface area contributed by atoms with E-state index in [9.17, 15) is 9.59 Å². The first kappa shape index (κ1) is 18.0. The van der Waals surface area contributed by atoms with Gasteiger partial charge < -0.3 is 14.5 Å². The van der Waals surface area contributed by atoms with Crippen LogP contribution in [0.2, 0.25) is 5.02 Å². The average molecular weight is 389 g/mol. The molecule has 27 heavy (non-hydrogen) atoms. The fourth-order valence-corrected chi connectivity index (χ4v) is 3.63. The van der Waals surface area contributed by atoms with Gasteiger partial charge in [0.1, 0.15) is 12.2 Å². The maximum absolute atomic E-state index is 12.9. The molecule has 2 aliphatic heterocycles. The van der Waals surface area contributed by atoms with Crippen LogP contribution >= 0.6 is 11.6 Å². The predicted octanol–water partition coefficient (Wildman–Crippen LogP) is 2.08. The quantitative estimate of drug-likeness (QED) is 0.807. The molecule has 0 unspecified atom stereocenters. The molecule has 2 aliphatic rings. The summed E-state index contributed by atoms with van der Waals surface area (Å²) in [4.78, 5) is 28.8. The van der Waals surface area contributed by atoms with Crippen LogP contribution in [0.15, 0.2) is 30.3 Å². The summed E-state index contributed by atoms with van der Waals surface area (Å²) in [6, 6.07) is 9.14. The number of rotatable bonds is 3. The highest BCUT2D eigenvalue weighted by atomic mass is 35.5.